The average molecular weight is 690 g/mol. The summed E-state index contributed by atoms with van der Waals surface area (Å²) in [6, 6.07) is 75.8. The van der Waals surface area contributed by atoms with Crippen LogP contribution in [-0.2, 0) is 0 Å². The molecule has 2 heteroatoms. The summed E-state index contributed by atoms with van der Waals surface area (Å²) in [5.41, 5.74) is 14.4. The van der Waals surface area contributed by atoms with Gasteiger partial charge in [-0.3, -0.25) is 0 Å². The van der Waals surface area contributed by atoms with Crippen LogP contribution in [0, 0.1) is 0 Å². The lowest BCUT2D eigenvalue weighted by atomic mass is 9.89. The molecule has 0 spiro atoms. The fourth-order valence-electron chi connectivity index (χ4n) is 7.93. The van der Waals surface area contributed by atoms with Gasteiger partial charge in [-0.2, -0.15) is 0 Å². The Balaban J connectivity index is 1.21. The van der Waals surface area contributed by atoms with E-state index in [1.54, 1.807) is 0 Å². The molecule has 10 aromatic rings. The van der Waals surface area contributed by atoms with Gasteiger partial charge in [-0.15, -0.1) is 0 Å². The van der Waals surface area contributed by atoms with Gasteiger partial charge in [0.2, 0.25) is 0 Å². The average Bonchev–Trinajstić information content (AvgIpc) is 3.65. The lowest BCUT2D eigenvalue weighted by molar-refractivity contribution is 0.673. The zero-order valence-corrected chi connectivity index (χ0v) is 29.6. The van der Waals surface area contributed by atoms with Gasteiger partial charge >= 0.3 is 0 Å². The van der Waals surface area contributed by atoms with Crippen molar-refractivity contribution < 1.29 is 4.42 Å². The summed E-state index contributed by atoms with van der Waals surface area (Å²) in [6.45, 7) is 0. The van der Waals surface area contributed by atoms with Crippen molar-refractivity contribution in [1.29, 1.82) is 0 Å². The molecule has 0 saturated carbocycles. The van der Waals surface area contributed by atoms with Crippen LogP contribution in [0.4, 0.5) is 17.1 Å². The Morgan fingerprint density at radius 1 is 0.333 bits per heavy atom. The Bertz CT molecular complexity index is 2810. The molecule has 254 valence electrons. The van der Waals surface area contributed by atoms with Crippen LogP contribution in [0.5, 0.6) is 0 Å². The number of hydrogen-bond acceptors (Lipinski definition) is 2. The summed E-state index contributed by atoms with van der Waals surface area (Å²) in [5, 5.41) is 4.54. The minimum absolute atomic E-state index is 0.883. The van der Waals surface area contributed by atoms with Gasteiger partial charge in [0.25, 0.3) is 0 Å². The van der Waals surface area contributed by atoms with E-state index in [1.165, 1.54) is 27.6 Å². The van der Waals surface area contributed by atoms with E-state index < -0.39 is 0 Å². The highest BCUT2D eigenvalue weighted by molar-refractivity contribution is 6.20. The molecule has 9 aromatic carbocycles. The van der Waals surface area contributed by atoms with Crippen LogP contribution in [-0.4, -0.2) is 0 Å². The molecule has 10 rings (SSSR count). The Morgan fingerprint density at radius 2 is 0.852 bits per heavy atom. The van der Waals surface area contributed by atoms with Crippen LogP contribution in [0.25, 0.3) is 77.2 Å². The van der Waals surface area contributed by atoms with Gasteiger partial charge in [0.1, 0.15) is 11.2 Å². The van der Waals surface area contributed by atoms with E-state index in [4.69, 9.17) is 4.42 Å². The van der Waals surface area contributed by atoms with Crippen molar-refractivity contribution in [2.24, 2.45) is 0 Å². The fourth-order valence-corrected chi connectivity index (χ4v) is 7.93. The standard InChI is InChI=1S/C52H35NO/c1-4-14-36(15-5-1)38-26-31-42(32-27-38)53(43-33-28-39(29-34-43)37-16-6-2-7-17-37)48-24-12-22-45(50(48)41-19-8-3-9-20-41)46-23-13-25-49-51(46)47-35-30-40-18-10-11-21-44(40)52(47)54-49/h1-35H. The molecule has 1 aromatic heterocycles. The minimum Gasteiger partial charge on any atom is -0.455 e. The van der Waals surface area contributed by atoms with E-state index in [9.17, 15) is 0 Å². The molecule has 0 N–H and O–H groups in total. The van der Waals surface area contributed by atoms with Crippen molar-refractivity contribution in [2.75, 3.05) is 4.90 Å². The highest BCUT2D eigenvalue weighted by Gasteiger charge is 2.23. The Labute approximate surface area is 314 Å². The molecule has 0 bridgehead atoms. The summed E-state index contributed by atoms with van der Waals surface area (Å²) in [5.74, 6) is 0. The second-order valence-corrected chi connectivity index (χ2v) is 13.7. The van der Waals surface area contributed by atoms with Gasteiger partial charge < -0.3 is 9.32 Å². The zero-order chi connectivity index (χ0) is 35.8. The van der Waals surface area contributed by atoms with Crippen LogP contribution in [0.1, 0.15) is 0 Å². The van der Waals surface area contributed by atoms with Gasteiger partial charge in [-0.1, -0.05) is 170 Å². The first-order chi connectivity index (χ1) is 26.8. The minimum atomic E-state index is 0.883. The van der Waals surface area contributed by atoms with E-state index in [0.717, 1.165) is 66.6 Å². The smallest absolute Gasteiger partial charge is 0.143 e. The largest absolute Gasteiger partial charge is 0.455 e. The van der Waals surface area contributed by atoms with Crippen molar-refractivity contribution in [3.8, 4) is 44.5 Å². The molecule has 0 radical (unpaired) electrons. The molecular weight excluding hydrogens is 655 g/mol. The van der Waals surface area contributed by atoms with Crippen LogP contribution in [0.3, 0.4) is 0 Å². The van der Waals surface area contributed by atoms with Gasteiger partial charge in [0.15, 0.2) is 0 Å². The molecule has 0 unspecified atom stereocenters. The van der Waals surface area contributed by atoms with Gasteiger partial charge in [-0.05, 0) is 86.8 Å². The first-order valence-corrected chi connectivity index (χ1v) is 18.4. The summed E-state index contributed by atoms with van der Waals surface area (Å²) in [7, 11) is 0. The highest BCUT2D eigenvalue weighted by Crippen LogP contribution is 2.48. The molecule has 0 aliphatic heterocycles. The van der Waals surface area contributed by atoms with E-state index in [1.807, 2.05) is 0 Å². The number of furan rings is 1. The summed E-state index contributed by atoms with van der Waals surface area (Å²) in [4.78, 5) is 2.40. The number of hydrogen-bond donors (Lipinski definition) is 0. The maximum Gasteiger partial charge on any atom is 0.143 e. The van der Waals surface area contributed by atoms with Crippen molar-refractivity contribution in [3.05, 3.63) is 212 Å². The lowest BCUT2D eigenvalue weighted by Gasteiger charge is -2.29. The molecule has 2 nitrogen and oxygen atoms in total. The zero-order valence-electron chi connectivity index (χ0n) is 29.6. The molecule has 0 saturated heterocycles. The molecular formula is C52H35NO. The summed E-state index contributed by atoms with van der Waals surface area (Å²) in [6.07, 6.45) is 0. The first-order valence-electron chi connectivity index (χ1n) is 18.4. The third kappa shape index (κ3) is 5.53. The monoisotopic (exact) mass is 689 g/mol. The highest BCUT2D eigenvalue weighted by atomic mass is 16.3. The molecule has 0 atom stereocenters. The van der Waals surface area contributed by atoms with Crippen molar-refractivity contribution >= 4 is 49.8 Å². The first kappa shape index (κ1) is 31.6. The number of fused-ring (bicyclic) bond motifs is 5. The van der Waals surface area contributed by atoms with Crippen LogP contribution >= 0.6 is 0 Å². The van der Waals surface area contributed by atoms with Gasteiger partial charge in [-0.25, -0.2) is 0 Å². The van der Waals surface area contributed by atoms with E-state index >= 15 is 0 Å². The normalized spacial score (nSPS) is 11.3. The Hall–Kier alpha value is -7.16. The quantitative estimate of drug-likeness (QED) is 0.166. The van der Waals surface area contributed by atoms with Crippen LogP contribution < -0.4 is 4.90 Å². The number of benzene rings is 9. The second kappa shape index (κ2) is 13.4. The number of nitrogens with zero attached hydrogens (tertiary/aromatic N) is 1. The maximum absolute atomic E-state index is 6.67. The Kier molecular flexibility index (Phi) is 7.85. The predicted octanol–water partition coefficient (Wildman–Crippen LogP) is 14.9. The van der Waals surface area contributed by atoms with Crippen LogP contribution in [0.2, 0.25) is 0 Å². The molecule has 0 aliphatic rings. The summed E-state index contributed by atoms with van der Waals surface area (Å²) >= 11 is 0. The van der Waals surface area contributed by atoms with Crippen molar-refractivity contribution in [2.45, 2.75) is 0 Å². The molecule has 54 heavy (non-hydrogen) atoms. The van der Waals surface area contributed by atoms with E-state index in [-0.39, 0.29) is 0 Å². The number of rotatable bonds is 7. The maximum atomic E-state index is 6.67. The van der Waals surface area contributed by atoms with Gasteiger partial charge in [0.05, 0.1) is 5.69 Å². The molecule has 0 fully saturated rings. The van der Waals surface area contributed by atoms with Gasteiger partial charge in [0, 0.05) is 33.1 Å². The van der Waals surface area contributed by atoms with Crippen LogP contribution in [0.15, 0.2) is 217 Å². The van der Waals surface area contributed by atoms with Crippen molar-refractivity contribution in [1.82, 2.24) is 0 Å². The third-order valence-corrected chi connectivity index (χ3v) is 10.5. The summed E-state index contributed by atoms with van der Waals surface area (Å²) < 4.78 is 6.67. The topological polar surface area (TPSA) is 16.4 Å². The fraction of sp³-hybridized carbons (Fsp3) is 0. The van der Waals surface area contributed by atoms with Crippen molar-refractivity contribution in [3.63, 3.8) is 0 Å². The molecule has 1 heterocycles. The molecule has 0 amide bonds. The predicted molar refractivity (Wildman–Crippen MR) is 228 cm³/mol. The third-order valence-electron chi connectivity index (χ3n) is 10.5. The van der Waals surface area contributed by atoms with E-state index in [2.05, 4.69) is 217 Å². The Morgan fingerprint density at radius 3 is 1.48 bits per heavy atom. The van der Waals surface area contributed by atoms with E-state index in [0.29, 0.717) is 0 Å². The lowest BCUT2D eigenvalue weighted by Crippen LogP contribution is -2.11. The number of anilines is 3. The SMILES string of the molecule is c1ccc(-c2ccc(N(c3ccc(-c4ccccc4)cc3)c3cccc(-c4cccc5oc6c7ccccc7ccc6c45)c3-c3ccccc3)cc2)cc1. The molecule has 0 aliphatic carbocycles. The second-order valence-electron chi connectivity index (χ2n) is 13.7.